The molecule has 0 heterocycles. The molecule has 0 radical (unpaired) electrons. The molecule has 0 bridgehead atoms. The molecule has 1 saturated carbocycles. The van der Waals surface area contributed by atoms with Gasteiger partial charge in [-0.1, -0.05) is 12.1 Å². The lowest BCUT2D eigenvalue weighted by Gasteiger charge is -2.25. The number of sulfonamides is 1. The molecule has 1 aliphatic carbocycles. The van der Waals surface area contributed by atoms with Crippen molar-refractivity contribution in [1.29, 1.82) is 0 Å². The van der Waals surface area contributed by atoms with Gasteiger partial charge in [0.1, 0.15) is 0 Å². The van der Waals surface area contributed by atoms with E-state index in [1.165, 1.54) is 4.31 Å². The topological polar surface area (TPSA) is 63.4 Å². The molecule has 1 fully saturated rings. The highest BCUT2D eigenvalue weighted by Crippen LogP contribution is 2.36. The van der Waals surface area contributed by atoms with Crippen LogP contribution >= 0.6 is 0 Å². The Bertz CT molecular complexity index is 565. The predicted octanol–water partition coefficient (Wildman–Crippen LogP) is 1.87. The van der Waals surface area contributed by atoms with Crippen molar-refractivity contribution in [1.82, 2.24) is 4.31 Å². The van der Waals surface area contributed by atoms with Crippen LogP contribution in [0.2, 0.25) is 0 Å². The SMILES string of the molecule is Cc1ccc(CN)cc1S(=O)(=O)N(C)C(C)C1CC1. The monoisotopic (exact) mass is 282 g/mol. The van der Waals surface area contributed by atoms with E-state index in [0.29, 0.717) is 17.4 Å². The quantitative estimate of drug-likeness (QED) is 0.896. The van der Waals surface area contributed by atoms with Crippen LogP contribution in [0.15, 0.2) is 23.1 Å². The summed E-state index contributed by atoms with van der Waals surface area (Å²) in [5, 5.41) is 0. The molecule has 0 amide bonds. The highest BCUT2D eigenvalue weighted by Gasteiger charge is 2.36. The third-order valence-corrected chi connectivity index (χ3v) is 6.11. The molecule has 5 heteroatoms. The molecule has 0 spiro atoms. The fourth-order valence-electron chi connectivity index (χ4n) is 2.30. The first-order chi connectivity index (χ1) is 8.87. The second kappa shape index (κ2) is 5.23. The van der Waals surface area contributed by atoms with Crippen LogP contribution in [0.3, 0.4) is 0 Å². The number of hydrogen-bond donors (Lipinski definition) is 1. The number of rotatable bonds is 5. The van der Waals surface area contributed by atoms with Gasteiger partial charge in [-0.25, -0.2) is 8.42 Å². The molecule has 0 aliphatic heterocycles. The number of nitrogens with zero attached hydrogens (tertiary/aromatic N) is 1. The molecule has 0 saturated heterocycles. The van der Waals surface area contributed by atoms with Gasteiger partial charge in [0.25, 0.3) is 0 Å². The van der Waals surface area contributed by atoms with Gasteiger partial charge in [-0.2, -0.15) is 4.31 Å². The lowest BCUT2D eigenvalue weighted by atomic mass is 10.1. The molecule has 1 aliphatic rings. The van der Waals surface area contributed by atoms with Crippen LogP contribution in [0.1, 0.15) is 30.9 Å². The lowest BCUT2D eigenvalue weighted by Crippen LogP contribution is -2.36. The molecule has 0 aromatic heterocycles. The van der Waals surface area contributed by atoms with E-state index in [9.17, 15) is 8.42 Å². The molecule has 106 valence electrons. The minimum atomic E-state index is -3.43. The Morgan fingerprint density at radius 3 is 2.58 bits per heavy atom. The van der Waals surface area contributed by atoms with Crippen LogP contribution < -0.4 is 5.73 Å². The van der Waals surface area contributed by atoms with Crippen LogP contribution in [0.5, 0.6) is 0 Å². The molecule has 2 N–H and O–H groups in total. The molecule has 1 aromatic rings. The number of aryl methyl sites for hydroxylation is 1. The summed E-state index contributed by atoms with van der Waals surface area (Å²) in [5.41, 5.74) is 7.21. The Balaban J connectivity index is 2.37. The summed E-state index contributed by atoms with van der Waals surface area (Å²) in [6.45, 7) is 4.16. The summed E-state index contributed by atoms with van der Waals surface area (Å²) in [6, 6.07) is 5.45. The van der Waals surface area contributed by atoms with Gasteiger partial charge in [0.2, 0.25) is 10.0 Å². The minimum Gasteiger partial charge on any atom is -0.326 e. The van der Waals surface area contributed by atoms with Gasteiger partial charge in [0.15, 0.2) is 0 Å². The van der Waals surface area contributed by atoms with E-state index in [4.69, 9.17) is 5.73 Å². The Labute approximate surface area is 115 Å². The Morgan fingerprint density at radius 1 is 1.42 bits per heavy atom. The summed E-state index contributed by atoms with van der Waals surface area (Å²) < 4.78 is 26.9. The van der Waals surface area contributed by atoms with Gasteiger partial charge in [0, 0.05) is 19.6 Å². The van der Waals surface area contributed by atoms with E-state index < -0.39 is 10.0 Å². The molecular formula is C14H22N2O2S. The second-order valence-corrected chi connectivity index (χ2v) is 7.37. The molecule has 1 aromatic carbocycles. The van der Waals surface area contributed by atoms with Crippen LogP contribution in [0.4, 0.5) is 0 Å². The zero-order valence-electron chi connectivity index (χ0n) is 11.8. The van der Waals surface area contributed by atoms with Crippen molar-refractivity contribution in [3.8, 4) is 0 Å². The van der Waals surface area contributed by atoms with Crippen molar-refractivity contribution in [2.75, 3.05) is 7.05 Å². The number of hydrogen-bond acceptors (Lipinski definition) is 3. The third-order valence-electron chi connectivity index (χ3n) is 4.02. The third kappa shape index (κ3) is 2.83. The molecule has 2 rings (SSSR count). The normalized spacial score (nSPS) is 17.7. The smallest absolute Gasteiger partial charge is 0.243 e. The largest absolute Gasteiger partial charge is 0.326 e. The first-order valence-electron chi connectivity index (χ1n) is 6.65. The van der Waals surface area contributed by atoms with Crippen molar-refractivity contribution < 1.29 is 8.42 Å². The fourth-order valence-corrected chi connectivity index (χ4v) is 3.99. The Kier molecular flexibility index (Phi) is 3.99. The van der Waals surface area contributed by atoms with Crippen molar-refractivity contribution >= 4 is 10.0 Å². The average molecular weight is 282 g/mol. The zero-order valence-corrected chi connectivity index (χ0v) is 12.6. The Hall–Kier alpha value is -0.910. The van der Waals surface area contributed by atoms with E-state index in [1.54, 1.807) is 13.1 Å². The number of nitrogens with two attached hydrogens (primary N) is 1. The van der Waals surface area contributed by atoms with Gasteiger partial charge in [-0.05, 0) is 49.8 Å². The van der Waals surface area contributed by atoms with Crippen LogP contribution in [-0.4, -0.2) is 25.8 Å². The summed E-state index contributed by atoms with van der Waals surface area (Å²) in [4.78, 5) is 0.380. The maximum absolute atomic E-state index is 12.7. The van der Waals surface area contributed by atoms with E-state index >= 15 is 0 Å². The standard InChI is InChI=1S/C14H22N2O2S/c1-10-4-5-12(9-15)8-14(10)19(17,18)16(3)11(2)13-6-7-13/h4-5,8,11,13H,6-7,9,15H2,1-3H3. The van der Waals surface area contributed by atoms with Gasteiger partial charge < -0.3 is 5.73 Å². The first-order valence-corrected chi connectivity index (χ1v) is 8.09. The van der Waals surface area contributed by atoms with Crippen LogP contribution in [0, 0.1) is 12.8 Å². The van der Waals surface area contributed by atoms with Crippen LogP contribution in [0.25, 0.3) is 0 Å². The summed E-state index contributed by atoms with van der Waals surface area (Å²) in [7, 11) is -1.76. The first kappa shape index (κ1) is 14.5. The predicted molar refractivity (Wildman–Crippen MR) is 76.2 cm³/mol. The maximum Gasteiger partial charge on any atom is 0.243 e. The van der Waals surface area contributed by atoms with Gasteiger partial charge in [0.05, 0.1) is 4.90 Å². The highest BCUT2D eigenvalue weighted by atomic mass is 32.2. The zero-order chi connectivity index (χ0) is 14.2. The van der Waals surface area contributed by atoms with Crippen molar-refractivity contribution in [3.05, 3.63) is 29.3 Å². The van der Waals surface area contributed by atoms with Gasteiger partial charge in [-0.3, -0.25) is 0 Å². The van der Waals surface area contributed by atoms with Crippen molar-refractivity contribution in [3.63, 3.8) is 0 Å². The molecule has 4 nitrogen and oxygen atoms in total. The van der Waals surface area contributed by atoms with Crippen LogP contribution in [-0.2, 0) is 16.6 Å². The van der Waals surface area contributed by atoms with Gasteiger partial charge in [-0.15, -0.1) is 0 Å². The lowest BCUT2D eigenvalue weighted by molar-refractivity contribution is 0.357. The van der Waals surface area contributed by atoms with E-state index in [-0.39, 0.29) is 6.04 Å². The summed E-state index contributed by atoms with van der Waals surface area (Å²) in [6.07, 6.45) is 2.26. The van der Waals surface area contributed by atoms with Crippen molar-refractivity contribution in [2.24, 2.45) is 11.7 Å². The molecule has 1 unspecified atom stereocenters. The van der Waals surface area contributed by atoms with E-state index in [1.807, 2.05) is 26.0 Å². The molecule has 1 atom stereocenters. The van der Waals surface area contributed by atoms with E-state index in [0.717, 1.165) is 24.0 Å². The Morgan fingerprint density at radius 2 is 2.05 bits per heavy atom. The fraction of sp³-hybridized carbons (Fsp3) is 0.571. The second-order valence-electron chi connectivity index (χ2n) is 5.40. The van der Waals surface area contributed by atoms with E-state index in [2.05, 4.69) is 0 Å². The number of benzene rings is 1. The minimum absolute atomic E-state index is 0.0610. The summed E-state index contributed by atoms with van der Waals surface area (Å²) >= 11 is 0. The molecule has 19 heavy (non-hydrogen) atoms. The summed E-state index contributed by atoms with van der Waals surface area (Å²) in [5.74, 6) is 0.512. The van der Waals surface area contributed by atoms with Crippen molar-refractivity contribution in [2.45, 2.75) is 44.2 Å². The maximum atomic E-state index is 12.7. The van der Waals surface area contributed by atoms with Gasteiger partial charge >= 0.3 is 0 Å². The molecular weight excluding hydrogens is 260 g/mol. The average Bonchev–Trinajstić information content (AvgIpc) is 3.21. The highest BCUT2D eigenvalue weighted by molar-refractivity contribution is 7.89.